The number of amides is 1. The van der Waals surface area contributed by atoms with E-state index in [-0.39, 0.29) is 5.91 Å². The number of carbonyl (C=O) groups excluding carboxylic acids is 1. The van der Waals surface area contributed by atoms with Gasteiger partial charge >= 0.3 is 0 Å². The largest absolute Gasteiger partial charge is 0.490 e. The molecule has 3 rings (SSSR count). The molecule has 0 bridgehead atoms. The van der Waals surface area contributed by atoms with Crippen molar-refractivity contribution in [2.75, 3.05) is 18.5 Å². The monoisotopic (exact) mass is 358 g/mol. The van der Waals surface area contributed by atoms with Crippen molar-refractivity contribution in [2.45, 2.75) is 0 Å². The Kier molecular flexibility index (Phi) is 6.05. The van der Waals surface area contributed by atoms with Gasteiger partial charge in [0.1, 0.15) is 24.7 Å². The molecule has 0 aliphatic heterocycles. The van der Waals surface area contributed by atoms with Crippen molar-refractivity contribution in [3.05, 3.63) is 90.0 Å². The molecular weight excluding hydrogens is 340 g/mol. The predicted octanol–water partition coefficient (Wildman–Crippen LogP) is 4.27. The Morgan fingerprint density at radius 1 is 0.815 bits per heavy atom. The fraction of sp³-hybridized carbons (Fsp3) is 0.0909. The van der Waals surface area contributed by atoms with E-state index >= 15 is 0 Å². The van der Waals surface area contributed by atoms with Crippen LogP contribution in [0, 0.1) is 11.3 Å². The molecule has 1 amide bonds. The number of carbonyl (C=O) groups is 1. The highest BCUT2D eigenvalue weighted by molar-refractivity contribution is 6.04. The van der Waals surface area contributed by atoms with E-state index in [0.29, 0.717) is 35.8 Å². The topological polar surface area (TPSA) is 71.4 Å². The summed E-state index contributed by atoms with van der Waals surface area (Å²) in [4.78, 5) is 12.3. The standard InChI is InChI=1S/C22H18N2O3/c23-16-17-6-10-19(11-7-17)24-22(25)18-8-12-21(13-9-18)27-15-14-26-20-4-2-1-3-5-20/h1-13H,14-15H2,(H,24,25). The van der Waals surface area contributed by atoms with Crippen LogP contribution < -0.4 is 14.8 Å². The van der Waals surface area contributed by atoms with Gasteiger partial charge in [0.2, 0.25) is 0 Å². The minimum Gasteiger partial charge on any atom is -0.490 e. The van der Waals surface area contributed by atoms with Gasteiger partial charge in [0.25, 0.3) is 5.91 Å². The Bertz CT molecular complexity index is 915. The highest BCUT2D eigenvalue weighted by Gasteiger charge is 2.06. The number of ether oxygens (including phenoxy) is 2. The van der Waals surface area contributed by atoms with Crippen LogP contribution in [-0.4, -0.2) is 19.1 Å². The third-order valence-electron chi connectivity index (χ3n) is 3.75. The molecule has 0 spiro atoms. The summed E-state index contributed by atoms with van der Waals surface area (Å²) in [5, 5.41) is 11.6. The lowest BCUT2D eigenvalue weighted by Crippen LogP contribution is -2.12. The summed E-state index contributed by atoms with van der Waals surface area (Å²) in [5.41, 5.74) is 1.70. The second kappa shape index (κ2) is 9.07. The Balaban J connectivity index is 1.47. The lowest BCUT2D eigenvalue weighted by Gasteiger charge is -2.09. The molecule has 3 aromatic carbocycles. The van der Waals surface area contributed by atoms with Crippen molar-refractivity contribution < 1.29 is 14.3 Å². The fourth-order valence-corrected chi connectivity index (χ4v) is 2.37. The Morgan fingerprint density at radius 3 is 2.00 bits per heavy atom. The number of hydrogen-bond donors (Lipinski definition) is 1. The van der Waals surface area contributed by atoms with Crippen LogP contribution in [0.15, 0.2) is 78.9 Å². The van der Waals surface area contributed by atoms with Gasteiger partial charge in [-0.3, -0.25) is 4.79 Å². The van der Waals surface area contributed by atoms with Crippen LogP contribution in [0.25, 0.3) is 0 Å². The highest BCUT2D eigenvalue weighted by atomic mass is 16.5. The van der Waals surface area contributed by atoms with Gasteiger partial charge in [0.05, 0.1) is 11.6 Å². The number of nitrogens with zero attached hydrogens (tertiary/aromatic N) is 1. The summed E-state index contributed by atoms with van der Waals surface area (Å²) in [7, 11) is 0. The van der Waals surface area contributed by atoms with Crippen LogP contribution in [0.4, 0.5) is 5.69 Å². The first-order valence-electron chi connectivity index (χ1n) is 8.47. The summed E-state index contributed by atoms with van der Waals surface area (Å²) < 4.78 is 11.2. The van der Waals surface area contributed by atoms with Crippen molar-refractivity contribution in [2.24, 2.45) is 0 Å². The molecule has 0 unspecified atom stereocenters. The molecule has 5 heteroatoms. The maximum Gasteiger partial charge on any atom is 0.255 e. The molecule has 0 atom stereocenters. The first-order chi connectivity index (χ1) is 13.2. The van der Waals surface area contributed by atoms with E-state index in [0.717, 1.165) is 5.75 Å². The van der Waals surface area contributed by atoms with E-state index in [1.807, 2.05) is 36.4 Å². The SMILES string of the molecule is N#Cc1ccc(NC(=O)c2ccc(OCCOc3ccccc3)cc2)cc1. The molecule has 5 nitrogen and oxygen atoms in total. The summed E-state index contributed by atoms with van der Waals surface area (Å²) in [6, 6.07) is 25.2. The number of rotatable bonds is 7. The number of anilines is 1. The van der Waals surface area contributed by atoms with E-state index in [1.54, 1.807) is 48.5 Å². The van der Waals surface area contributed by atoms with Crippen molar-refractivity contribution in [1.82, 2.24) is 0 Å². The number of para-hydroxylation sites is 1. The average Bonchev–Trinajstić information content (AvgIpc) is 2.73. The molecule has 3 aromatic rings. The zero-order chi connectivity index (χ0) is 18.9. The van der Waals surface area contributed by atoms with Crippen LogP contribution in [-0.2, 0) is 0 Å². The van der Waals surface area contributed by atoms with Crippen LogP contribution in [0.3, 0.4) is 0 Å². The summed E-state index contributed by atoms with van der Waals surface area (Å²) in [5.74, 6) is 1.25. The molecule has 134 valence electrons. The molecule has 27 heavy (non-hydrogen) atoms. The Morgan fingerprint density at radius 2 is 1.41 bits per heavy atom. The third kappa shape index (κ3) is 5.35. The van der Waals surface area contributed by atoms with Crippen LogP contribution in [0.1, 0.15) is 15.9 Å². The third-order valence-corrected chi connectivity index (χ3v) is 3.75. The van der Waals surface area contributed by atoms with Gasteiger partial charge in [-0.2, -0.15) is 5.26 Å². The zero-order valence-corrected chi connectivity index (χ0v) is 14.6. The van der Waals surface area contributed by atoms with Crippen LogP contribution in [0.2, 0.25) is 0 Å². The van der Waals surface area contributed by atoms with Gasteiger partial charge in [0, 0.05) is 11.3 Å². The maximum absolute atomic E-state index is 12.3. The van der Waals surface area contributed by atoms with Crippen LogP contribution in [0.5, 0.6) is 11.5 Å². The van der Waals surface area contributed by atoms with E-state index in [2.05, 4.69) is 5.32 Å². The second-order valence-corrected chi connectivity index (χ2v) is 5.68. The summed E-state index contributed by atoms with van der Waals surface area (Å²) >= 11 is 0. The van der Waals surface area contributed by atoms with Gasteiger partial charge in [-0.05, 0) is 60.7 Å². The van der Waals surface area contributed by atoms with Crippen molar-refractivity contribution in [3.63, 3.8) is 0 Å². The van der Waals surface area contributed by atoms with Crippen molar-refractivity contribution >= 4 is 11.6 Å². The first-order valence-corrected chi connectivity index (χ1v) is 8.47. The fourth-order valence-electron chi connectivity index (χ4n) is 2.37. The smallest absolute Gasteiger partial charge is 0.255 e. The predicted molar refractivity (Wildman–Crippen MR) is 103 cm³/mol. The van der Waals surface area contributed by atoms with Gasteiger partial charge < -0.3 is 14.8 Å². The van der Waals surface area contributed by atoms with Gasteiger partial charge in [-0.15, -0.1) is 0 Å². The second-order valence-electron chi connectivity index (χ2n) is 5.68. The molecular formula is C22H18N2O3. The quantitative estimate of drug-likeness (QED) is 0.640. The molecule has 1 N–H and O–H groups in total. The molecule has 0 radical (unpaired) electrons. The summed E-state index contributed by atoms with van der Waals surface area (Å²) in [6.45, 7) is 0.844. The van der Waals surface area contributed by atoms with E-state index < -0.39 is 0 Å². The number of nitrogens with one attached hydrogen (secondary N) is 1. The molecule has 0 aliphatic carbocycles. The Hall–Kier alpha value is -3.78. The van der Waals surface area contributed by atoms with Gasteiger partial charge in [-0.25, -0.2) is 0 Å². The van der Waals surface area contributed by atoms with Gasteiger partial charge in [-0.1, -0.05) is 18.2 Å². The van der Waals surface area contributed by atoms with E-state index in [9.17, 15) is 4.79 Å². The highest BCUT2D eigenvalue weighted by Crippen LogP contribution is 2.15. The molecule has 0 fully saturated rings. The lowest BCUT2D eigenvalue weighted by atomic mass is 10.2. The lowest BCUT2D eigenvalue weighted by molar-refractivity contribution is 0.102. The minimum absolute atomic E-state index is 0.223. The first kappa shape index (κ1) is 18.0. The summed E-state index contributed by atoms with van der Waals surface area (Å²) in [6.07, 6.45) is 0. The molecule has 0 heterocycles. The molecule has 0 saturated heterocycles. The van der Waals surface area contributed by atoms with Gasteiger partial charge in [0.15, 0.2) is 0 Å². The maximum atomic E-state index is 12.3. The number of hydrogen-bond acceptors (Lipinski definition) is 4. The number of nitriles is 1. The van der Waals surface area contributed by atoms with Crippen molar-refractivity contribution in [3.8, 4) is 17.6 Å². The Labute approximate surface area is 157 Å². The van der Waals surface area contributed by atoms with E-state index in [1.165, 1.54) is 0 Å². The normalized spacial score (nSPS) is 9.89. The van der Waals surface area contributed by atoms with E-state index in [4.69, 9.17) is 14.7 Å². The molecule has 0 aliphatic rings. The minimum atomic E-state index is -0.223. The zero-order valence-electron chi connectivity index (χ0n) is 14.6. The molecule has 0 saturated carbocycles. The van der Waals surface area contributed by atoms with Crippen molar-refractivity contribution in [1.29, 1.82) is 5.26 Å². The number of benzene rings is 3. The molecule has 0 aromatic heterocycles. The average molecular weight is 358 g/mol. The van der Waals surface area contributed by atoms with Crippen LogP contribution >= 0.6 is 0 Å².